The summed E-state index contributed by atoms with van der Waals surface area (Å²) in [7, 11) is 0. The molecule has 1 fully saturated rings. The Bertz CT molecular complexity index is 627. The number of benzene rings is 1. The van der Waals surface area contributed by atoms with Crippen molar-refractivity contribution in [1.82, 2.24) is 9.88 Å². The van der Waals surface area contributed by atoms with Crippen LogP contribution in [0.5, 0.6) is 0 Å². The normalized spacial score (nSPS) is 14.0. The Morgan fingerprint density at radius 2 is 1.76 bits per heavy atom. The number of aromatic nitrogens is 1. The maximum absolute atomic E-state index is 12.8. The number of hydrogen-bond donors (Lipinski definition) is 0. The first-order valence-electron chi connectivity index (χ1n) is 7.41. The van der Waals surface area contributed by atoms with Crippen molar-refractivity contribution in [2.75, 3.05) is 0 Å². The van der Waals surface area contributed by atoms with Gasteiger partial charge in [-0.2, -0.15) is 0 Å². The molecule has 1 saturated carbocycles. The molecule has 1 aromatic heterocycles. The highest BCUT2D eigenvalue weighted by molar-refractivity contribution is 5.95. The highest BCUT2D eigenvalue weighted by Gasteiger charge is 2.33. The molecule has 1 amide bonds. The van der Waals surface area contributed by atoms with E-state index in [4.69, 9.17) is 0 Å². The van der Waals surface area contributed by atoms with Gasteiger partial charge in [-0.15, -0.1) is 0 Å². The van der Waals surface area contributed by atoms with Gasteiger partial charge in [-0.1, -0.05) is 17.2 Å². The fourth-order valence-corrected chi connectivity index (χ4v) is 2.70. The van der Waals surface area contributed by atoms with Gasteiger partial charge >= 0.3 is 0 Å². The third-order valence-electron chi connectivity index (χ3n) is 3.82. The highest BCUT2D eigenvalue weighted by Crippen LogP contribution is 2.30. The summed E-state index contributed by atoms with van der Waals surface area (Å²) in [5.74, 6) is 0.140. The summed E-state index contributed by atoms with van der Waals surface area (Å²) in [6.07, 6.45) is 5.78. The number of nitrogens with zero attached hydrogens (tertiary/aromatic N) is 2. The maximum Gasteiger partial charge on any atom is 0.254 e. The van der Waals surface area contributed by atoms with Crippen molar-refractivity contribution in [3.05, 3.63) is 65.0 Å². The molecule has 0 spiro atoms. The molecular weight excluding hydrogens is 260 g/mol. The molecule has 3 rings (SSSR count). The number of carbonyl (C=O) groups excluding carboxylic acids is 1. The van der Waals surface area contributed by atoms with E-state index in [-0.39, 0.29) is 5.91 Å². The van der Waals surface area contributed by atoms with E-state index in [1.54, 1.807) is 12.4 Å². The van der Waals surface area contributed by atoms with E-state index in [1.807, 2.05) is 43.0 Å². The van der Waals surface area contributed by atoms with Gasteiger partial charge in [0.1, 0.15) is 0 Å². The van der Waals surface area contributed by atoms with Crippen LogP contribution in [0.1, 0.15) is 39.9 Å². The third kappa shape index (κ3) is 3.30. The van der Waals surface area contributed by atoms with Crippen LogP contribution in [-0.4, -0.2) is 21.8 Å². The van der Waals surface area contributed by atoms with Crippen molar-refractivity contribution in [2.45, 2.75) is 39.3 Å². The van der Waals surface area contributed by atoms with Crippen molar-refractivity contribution < 1.29 is 4.79 Å². The Labute approximate surface area is 125 Å². The van der Waals surface area contributed by atoms with Gasteiger partial charge in [-0.3, -0.25) is 9.78 Å². The molecule has 0 atom stereocenters. The van der Waals surface area contributed by atoms with Crippen molar-refractivity contribution in [3.8, 4) is 0 Å². The van der Waals surface area contributed by atoms with E-state index in [1.165, 1.54) is 0 Å². The van der Waals surface area contributed by atoms with Crippen LogP contribution in [0.3, 0.4) is 0 Å². The van der Waals surface area contributed by atoms with E-state index >= 15 is 0 Å². The Kier molecular flexibility index (Phi) is 3.74. The zero-order chi connectivity index (χ0) is 14.8. The van der Waals surface area contributed by atoms with Gasteiger partial charge < -0.3 is 4.90 Å². The summed E-state index contributed by atoms with van der Waals surface area (Å²) in [6.45, 7) is 4.74. The van der Waals surface area contributed by atoms with Gasteiger partial charge in [0.15, 0.2) is 0 Å². The highest BCUT2D eigenvalue weighted by atomic mass is 16.2. The zero-order valence-corrected chi connectivity index (χ0v) is 12.5. The van der Waals surface area contributed by atoms with Crippen LogP contribution in [0.25, 0.3) is 0 Å². The first-order valence-corrected chi connectivity index (χ1v) is 7.41. The van der Waals surface area contributed by atoms with Gasteiger partial charge in [0.25, 0.3) is 5.91 Å². The lowest BCUT2D eigenvalue weighted by molar-refractivity contribution is 0.0729. The van der Waals surface area contributed by atoms with Crippen molar-refractivity contribution in [1.29, 1.82) is 0 Å². The lowest BCUT2D eigenvalue weighted by Gasteiger charge is -2.23. The molecule has 1 aromatic carbocycles. The molecule has 1 aliphatic carbocycles. The Balaban J connectivity index is 1.85. The van der Waals surface area contributed by atoms with Crippen LogP contribution in [0, 0.1) is 13.8 Å². The SMILES string of the molecule is Cc1cc(C)cc(C(=O)N(Cc2ccncc2)C2CC2)c1. The minimum absolute atomic E-state index is 0.140. The second-order valence-electron chi connectivity index (χ2n) is 5.90. The van der Waals surface area contributed by atoms with Crippen LogP contribution >= 0.6 is 0 Å². The number of carbonyl (C=O) groups is 1. The van der Waals surface area contributed by atoms with Gasteiger partial charge in [0.2, 0.25) is 0 Å². The Morgan fingerprint density at radius 1 is 1.14 bits per heavy atom. The summed E-state index contributed by atoms with van der Waals surface area (Å²) >= 11 is 0. The molecule has 0 bridgehead atoms. The minimum atomic E-state index is 0.140. The molecule has 3 nitrogen and oxygen atoms in total. The van der Waals surface area contributed by atoms with E-state index in [9.17, 15) is 4.79 Å². The van der Waals surface area contributed by atoms with E-state index < -0.39 is 0 Å². The van der Waals surface area contributed by atoms with Gasteiger partial charge in [0, 0.05) is 30.5 Å². The van der Waals surface area contributed by atoms with E-state index in [0.717, 1.165) is 35.1 Å². The Morgan fingerprint density at radius 3 is 2.33 bits per heavy atom. The van der Waals surface area contributed by atoms with Crippen LogP contribution in [-0.2, 0) is 6.54 Å². The molecule has 21 heavy (non-hydrogen) atoms. The van der Waals surface area contributed by atoms with Crippen molar-refractivity contribution in [3.63, 3.8) is 0 Å². The molecule has 108 valence electrons. The predicted octanol–water partition coefficient (Wildman–Crippen LogP) is 3.50. The molecule has 0 unspecified atom stereocenters. The monoisotopic (exact) mass is 280 g/mol. The maximum atomic E-state index is 12.8. The summed E-state index contributed by atoms with van der Waals surface area (Å²) in [4.78, 5) is 18.9. The quantitative estimate of drug-likeness (QED) is 0.858. The van der Waals surface area contributed by atoms with E-state index in [2.05, 4.69) is 11.1 Å². The fraction of sp³-hybridized carbons (Fsp3) is 0.333. The molecule has 0 radical (unpaired) electrons. The second-order valence-corrected chi connectivity index (χ2v) is 5.90. The molecule has 0 N–H and O–H groups in total. The Hall–Kier alpha value is -2.16. The zero-order valence-electron chi connectivity index (χ0n) is 12.5. The first kappa shape index (κ1) is 13.8. The molecule has 1 aliphatic rings. The van der Waals surface area contributed by atoms with Crippen LogP contribution < -0.4 is 0 Å². The fourth-order valence-electron chi connectivity index (χ4n) is 2.70. The largest absolute Gasteiger partial charge is 0.331 e. The summed E-state index contributed by atoms with van der Waals surface area (Å²) in [5.41, 5.74) is 4.21. The lowest BCUT2D eigenvalue weighted by Crippen LogP contribution is -2.32. The molecule has 2 aromatic rings. The van der Waals surface area contributed by atoms with E-state index in [0.29, 0.717) is 12.6 Å². The smallest absolute Gasteiger partial charge is 0.254 e. The van der Waals surface area contributed by atoms with Gasteiger partial charge in [-0.25, -0.2) is 0 Å². The lowest BCUT2D eigenvalue weighted by atomic mass is 10.1. The number of aryl methyl sites for hydroxylation is 2. The second kappa shape index (κ2) is 5.68. The average molecular weight is 280 g/mol. The molecule has 3 heteroatoms. The topological polar surface area (TPSA) is 33.2 Å². The van der Waals surface area contributed by atoms with Gasteiger partial charge in [-0.05, 0) is 56.5 Å². The number of rotatable bonds is 4. The van der Waals surface area contributed by atoms with Crippen molar-refractivity contribution in [2.24, 2.45) is 0 Å². The first-order chi connectivity index (χ1) is 10.1. The minimum Gasteiger partial charge on any atom is -0.331 e. The van der Waals surface area contributed by atoms with Crippen molar-refractivity contribution >= 4 is 5.91 Å². The van der Waals surface area contributed by atoms with Crippen LogP contribution in [0.15, 0.2) is 42.7 Å². The van der Waals surface area contributed by atoms with Gasteiger partial charge in [0.05, 0.1) is 0 Å². The third-order valence-corrected chi connectivity index (χ3v) is 3.82. The standard InChI is InChI=1S/C18H20N2O/c1-13-9-14(2)11-16(10-13)18(21)20(17-3-4-17)12-15-5-7-19-8-6-15/h5-11,17H,3-4,12H2,1-2H3. The summed E-state index contributed by atoms with van der Waals surface area (Å²) in [6, 6.07) is 10.4. The van der Waals surface area contributed by atoms with Crippen LogP contribution in [0.2, 0.25) is 0 Å². The summed E-state index contributed by atoms with van der Waals surface area (Å²) < 4.78 is 0. The van der Waals surface area contributed by atoms with Crippen LogP contribution in [0.4, 0.5) is 0 Å². The predicted molar refractivity (Wildman–Crippen MR) is 83.0 cm³/mol. The average Bonchev–Trinajstić information content (AvgIpc) is 3.29. The molecule has 1 heterocycles. The molecule has 0 saturated heterocycles. The molecule has 0 aliphatic heterocycles. The number of hydrogen-bond acceptors (Lipinski definition) is 2. The molecular formula is C18H20N2O. The number of pyridine rings is 1. The summed E-state index contributed by atoms with van der Waals surface area (Å²) in [5, 5.41) is 0. The number of amides is 1.